The summed E-state index contributed by atoms with van der Waals surface area (Å²) in [5, 5.41) is 46.8. The molecule has 0 unspecified atom stereocenters. The smallest absolute Gasteiger partial charge is 0.287 e. The number of hydrogen-bond donors (Lipinski definition) is 6. The first kappa shape index (κ1) is 85.9. The normalized spacial score (nSPS) is 14.6. The lowest BCUT2D eigenvalue weighted by Crippen LogP contribution is -2.39. The molecule has 3 fully saturated rings. The SMILES string of the molecule is COc1ccc(CN(C)c2cc(Cl)nn3c(C(=O)NCC(F)(F)CO)cnc23)cc1.COc1ccc(CN(C)c2cc(Cl)nn3c(C(=O)NCC4(CO)CC4)cnc23)cc1.COc1ccc(CN(C)c2cc(Cl)nn3c(C(=O)N[C@@H]4CCOC4)cnc23)cc1.COc1ccc(CN(C)c2cc(Cl)nn3c(C(=O)N[C@H]4CCOC4)cnc23)cc1. The number of rotatable bonds is 28. The average molecular weight is 1700 g/mol. The minimum absolute atomic E-state index is 0.00412. The van der Waals surface area contributed by atoms with Gasteiger partial charge in [0.05, 0.1) is 114 Å². The maximum absolute atomic E-state index is 13.2. The van der Waals surface area contributed by atoms with Gasteiger partial charge in [-0.15, -0.1) is 0 Å². The number of aromatic nitrogens is 12. The predicted molar refractivity (Wildman–Crippen MR) is 441 cm³/mol. The summed E-state index contributed by atoms with van der Waals surface area (Å²) in [7, 11) is 14.2. The zero-order valence-corrected chi connectivity index (χ0v) is 68.7. The Morgan fingerprint density at radius 3 is 0.992 bits per heavy atom. The van der Waals surface area contributed by atoms with E-state index in [9.17, 15) is 33.1 Å². The lowest BCUT2D eigenvalue weighted by atomic mass is 10.1. The van der Waals surface area contributed by atoms with Crippen molar-refractivity contribution in [2.75, 3.05) is 129 Å². The number of ether oxygens (including phenoxy) is 6. The van der Waals surface area contributed by atoms with Crippen LogP contribution in [0.3, 0.4) is 0 Å². The summed E-state index contributed by atoms with van der Waals surface area (Å²) >= 11 is 24.9. The maximum atomic E-state index is 13.2. The molecule has 2 atom stereocenters. The minimum atomic E-state index is -3.43. The fourth-order valence-corrected chi connectivity index (χ4v) is 13.6. The molecular formula is C80H88Cl4F2N20O12. The molecule has 0 bridgehead atoms. The summed E-state index contributed by atoms with van der Waals surface area (Å²) in [4.78, 5) is 75.8. The number of hydrogen-bond acceptors (Lipinski definition) is 24. The van der Waals surface area contributed by atoms with E-state index >= 15 is 0 Å². The van der Waals surface area contributed by atoms with E-state index in [1.54, 1.807) is 52.7 Å². The van der Waals surface area contributed by atoms with Gasteiger partial charge in [0.15, 0.2) is 66.0 Å². The largest absolute Gasteiger partial charge is 0.497 e. The average Bonchev–Trinajstić information content (AvgIpc) is 1.63. The molecule has 10 heterocycles. The van der Waals surface area contributed by atoms with Crippen LogP contribution in [0.1, 0.15) is 89.9 Å². The molecule has 0 radical (unpaired) electrons. The molecule has 118 heavy (non-hydrogen) atoms. The Hall–Kier alpha value is -11.5. The molecular weight excluding hydrogens is 1610 g/mol. The van der Waals surface area contributed by atoms with Crippen LogP contribution < -0.4 is 59.8 Å². The van der Waals surface area contributed by atoms with Gasteiger partial charge in [0.2, 0.25) is 0 Å². The van der Waals surface area contributed by atoms with Gasteiger partial charge in [-0.25, -0.2) is 46.8 Å². The molecule has 8 aromatic heterocycles. The number of halogens is 6. The number of nitrogens with zero attached hydrogens (tertiary/aromatic N) is 16. The van der Waals surface area contributed by atoms with Crippen LogP contribution in [0.15, 0.2) is 146 Å². The number of carbonyl (C=O) groups is 4. The van der Waals surface area contributed by atoms with Gasteiger partial charge in [-0.1, -0.05) is 94.9 Å². The van der Waals surface area contributed by atoms with Gasteiger partial charge in [-0.05, 0) is 96.5 Å². The van der Waals surface area contributed by atoms with Crippen molar-refractivity contribution >= 4 is 115 Å². The van der Waals surface area contributed by atoms with E-state index < -0.39 is 25.0 Å². The molecule has 1 saturated carbocycles. The molecule has 4 aromatic carbocycles. The highest BCUT2D eigenvalue weighted by molar-refractivity contribution is 6.30. The number of imidazole rings is 4. The van der Waals surface area contributed by atoms with Gasteiger partial charge >= 0.3 is 0 Å². The Balaban J connectivity index is 0.000000145. The van der Waals surface area contributed by atoms with Gasteiger partial charge < -0.3 is 79.5 Å². The number of alkyl halides is 2. The minimum Gasteiger partial charge on any atom is -0.497 e. The molecule has 32 nitrogen and oxygen atoms in total. The predicted octanol–water partition coefficient (Wildman–Crippen LogP) is 10.0. The van der Waals surface area contributed by atoms with Crippen molar-refractivity contribution in [3.63, 3.8) is 0 Å². The highest BCUT2D eigenvalue weighted by Crippen LogP contribution is 2.44. The van der Waals surface area contributed by atoms with E-state index in [-0.39, 0.29) is 68.1 Å². The first-order chi connectivity index (χ1) is 56.8. The number of aliphatic hydroxyl groups is 2. The summed E-state index contributed by atoms with van der Waals surface area (Å²) in [6, 6.07) is 37.9. The molecule has 622 valence electrons. The van der Waals surface area contributed by atoms with Gasteiger partial charge in [0.1, 0.15) is 29.6 Å². The summed E-state index contributed by atoms with van der Waals surface area (Å²) in [6.45, 7) is 2.87. The first-order valence-electron chi connectivity index (χ1n) is 37.2. The van der Waals surface area contributed by atoms with E-state index in [1.165, 1.54) is 42.8 Å². The van der Waals surface area contributed by atoms with Crippen molar-refractivity contribution in [2.24, 2.45) is 5.41 Å². The Labute approximate surface area is 696 Å². The van der Waals surface area contributed by atoms with Gasteiger partial charge in [-0.3, -0.25) is 19.2 Å². The van der Waals surface area contributed by atoms with Crippen molar-refractivity contribution < 1.29 is 66.6 Å². The second kappa shape index (κ2) is 38.7. The molecule has 2 aliphatic heterocycles. The number of amides is 4. The summed E-state index contributed by atoms with van der Waals surface area (Å²) in [5.74, 6) is -1.86. The van der Waals surface area contributed by atoms with Crippen LogP contribution in [-0.4, -0.2) is 220 Å². The highest BCUT2D eigenvalue weighted by Gasteiger charge is 2.42. The number of benzene rings is 4. The second-order valence-electron chi connectivity index (χ2n) is 28.3. The molecule has 0 spiro atoms. The van der Waals surface area contributed by atoms with E-state index in [0.717, 1.165) is 88.0 Å². The van der Waals surface area contributed by atoms with E-state index in [4.69, 9.17) is 79.9 Å². The standard InChI is InChI=1S/C21H24ClN5O3.2C20H22ClN5O3.C19H20ClF2N5O3/c1-26(11-14-3-5-15(30-2)6-4-14)16-9-18(22)25-27-17(10-23-19(16)27)20(29)24-12-21(13-28)7-8-21;2*1-25(11-13-3-5-15(28-2)6-4-13)16-9-18(21)24-26-17(10-22-19(16)26)20(27)23-14-7-8-29-12-14;1-26(9-12-3-5-13(30-2)6-4-12)14-7-16(20)25-27-15(8-23-17(14)27)18(29)24-10-19(21,22)11-28/h3-6,9-10,28H,7-8,11-13H2,1-2H3,(H,24,29);2*3-6,9-10,14H,7-8,11-12H2,1-2H3,(H,23,27);3-8,28H,9-11H2,1-2H3,(H,24,29)/t;2*14-;/m.10./s1. The van der Waals surface area contributed by atoms with Gasteiger partial charge in [0, 0.05) is 104 Å². The summed E-state index contributed by atoms with van der Waals surface area (Å²) in [5.41, 5.74) is 10.0. The molecule has 3 aliphatic rings. The quantitative estimate of drug-likeness (QED) is 0.0265. The molecule has 2 saturated heterocycles. The third-order valence-electron chi connectivity index (χ3n) is 19.7. The molecule has 15 rings (SSSR count). The van der Waals surface area contributed by atoms with E-state index in [2.05, 4.69) is 61.6 Å². The van der Waals surface area contributed by atoms with E-state index in [0.29, 0.717) is 105 Å². The molecule has 4 amide bonds. The van der Waals surface area contributed by atoms with Crippen LogP contribution >= 0.6 is 46.4 Å². The fourth-order valence-electron chi connectivity index (χ4n) is 12.9. The number of carbonyl (C=O) groups excluding carboxylic acids is 4. The molecule has 12 aromatic rings. The Morgan fingerprint density at radius 1 is 0.466 bits per heavy atom. The van der Waals surface area contributed by atoms with Gasteiger partial charge in [0.25, 0.3) is 29.6 Å². The Kier molecular flexibility index (Phi) is 28.2. The van der Waals surface area contributed by atoms with Crippen molar-refractivity contribution in [2.45, 2.75) is 69.9 Å². The van der Waals surface area contributed by atoms with Gasteiger partial charge in [-0.2, -0.15) is 20.4 Å². The maximum Gasteiger partial charge on any atom is 0.287 e. The number of aliphatic hydroxyl groups excluding tert-OH is 2. The Morgan fingerprint density at radius 2 is 0.746 bits per heavy atom. The van der Waals surface area contributed by atoms with Crippen molar-refractivity contribution in [1.29, 1.82) is 0 Å². The van der Waals surface area contributed by atoms with Crippen LogP contribution in [-0.2, 0) is 35.7 Å². The first-order valence-corrected chi connectivity index (χ1v) is 38.8. The van der Waals surface area contributed by atoms with Crippen LogP contribution in [0.2, 0.25) is 20.6 Å². The van der Waals surface area contributed by atoms with Crippen molar-refractivity contribution in [3.8, 4) is 23.0 Å². The molecule has 6 N–H and O–H groups in total. The van der Waals surface area contributed by atoms with Crippen LogP contribution in [0, 0.1) is 5.41 Å². The van der Waals surface area contributed by atoms with Crippen molar-refractivity contribution in [3.05, 3.63) is 212 Å². The van der Waals surface area contributed by atoms with Crippen molar-refractivity contribution in [1.82, 2.24) is 79.7 Å². The monoisotopic (exact) mass is 1700 g/mol. The third-order valence-corrected chi connectivity index (χ3v) is 20.5. The number of anilines is 4. The number of fused-ring (bicyclic) bond motifs is 4. The zero-order chi connectivity index (χ0) is 84.0. The highest BCUT2D eigenvalue weighted by atomic mass is 35.5. The second-order valence-corrected chi connectivity index (χ2v) is 29.9. The summed E-state index contributed by atoms with van der Waals surface area (Å²) < 4.78 is 63.5. The Bertz CT molecular complexity index is 5160. The number of nitrogens with one attached hydrogen (secondary N) is 4. The fraction of sp³-hybridized carbons (Fsp3) is 0.350. The van der Waals surface area contributed by atoms with E-state index in [1.807, 2.05) is 145 Å². The topological polar surface area (TPSA) is 346 Å². The van der Waals surface area contributed by atoms with Crippen LogP contribution in [0.25, 0.3) is 22.6 Å². The third kappa shape index (κ3) is 21.3. The van der Waals surface area contributed by atoms with Crippen LogP contribution in [0.4, 0.5) is 31.5 Å². The summed E-state index contributed by atoms with van der Waals surface area (Å²) in [6.07, 6.45) is 9.21. The lowest BCUT2D eigenvalue weighted by molar-refractivity contribution is -0.0462. The lowest BCUT2D eigenvalue weighted by Gasteiger charge is -2.20. The molecule has 1 aliphatic carbocycles. The molecule has 38 heteroatoms. The zero-order valence-electron chi connectivity index (χ0n) is 65.7. The van der Waals surface area contributed by atoms with Crippen LogP contribution in [0.5, 0.6) is 23.0 Å². The number of methoxy groups -OCH3 is 4.